The van der Waals surface area contributed by atoms with Gasteiger partial charge in [0.15, 0.2) is 0 Å². The van der Waals surface area contributed by atoms with Crippen molar-refractivity contribution in [1.29, 1.82) is 0 Å². The van der Waals surface area contributed by atoms with Gasteiger partial charge in [-0.2, -0.15) is 5.10 Å². The molecule has 2 heterocycles. The van der Waals surface area contributed by atoms with E-state index in [2.05, 4.69) is 21.0 Å². The maximum absolute atomic E-state index is 9.35. The van der Waals surface area contributed by atoms with E-state index in [4.69, 9.17) is 0 Å². The molecule has 0 spiro atoms. The standard InChI is InChI=1S/C7H5BrN2O/c8-5-4-9-10-3-1-2-6(11)7(5)10/h1-4,11H. The number of halogens is 1. The van der Waals surface area contributed by atoms with Crippen molar-refractivity contribution in [2.45, 2.75) is 0 Å². The van der Waals surface area contributed by atoms with Crippen LogP contribution in [0.2, 0.25) is 0 Å². The van der Waals surface area contributed by atoms with Crippen LogP contribution in [0, 0.1) is 0 Å². The van der Waals surface area contributed by atoms with Crippen LogP contribution in [0.25, 0.3) is 5.52 Å². The minimum atomic E-state index is 0.233. The monoisotopic (exact) mass is 212 g/mol. The molecule has 0 bridgehead atoms. The normalized spacial score (nSPS) is 10.6. The second-order valence-electron chi connectivity index (χ2n) is 2.18. The van der Waals surface area contributed by atoms with Gasteiger partial charge in [-0.25, -0.2) is 4.52 Å². The Morgan fingerprint density at radius 3 is 3.09 bits per heavy atom. The molecule has 0 saturated heterocycles. The maximum Gasteiger partial charge on any atom is 0.142 e. The summed E-state index contributed by atoms with van der Waals surface area (Å²) in [5, 5.41) is 13.3. The van der Waals surface area contributed by atoms with Crippen LogP contribution in [0.15, 0.2) is 29.0 Å². The molecule has 3 nitrogen and oxygen atoms in total. The fourth-order valence-electron chi connectivity index (χ4n) is 0.989. The van der Waals surface area contributed by atoms with Gasteiger partial charge in [-0.1, -0.05) is 0 Å². The summed E-state index contributed by atoms with van der Waals surface area (Å²) < 4.78 is 2.41. The zero-order valence-electron chi connectivity index (χ0n) is 5.53. The third kappa shape index (κ3) is 0.903. The van der Waals surface area contributed by atoms with Crippen LogP contribution >= 0.6 is 15.9 Å². The van der Waals surface area contributed by atoms with Gasteiger partial charge in [-0.3, -0.25) is 0 Å². The molecule has 4 heteroatoms. The van der Waals surface area contributed by atoms with Crippen molar-refractivity contribution in [3.05, 3.63) is 29.0 Å². The number of fused-ring (bicyclic) bond motifs is 1. The zero-order chi connectivity index (χ0) is 7.84. The van der Waals surface area contributed by atoms with E-state index in [1.165, 1.54) is 0 Å². The van der Waals surface area contributed by atoms with E-state index in [0.717, 1.165) is 4.47 Å². The summed E-state index contributed by atoms with van der Waals surface area (Å²) >= 11 is 3.27. The second kappa shape index (κ2) is 2.23. The molecule has 0 atom stereocenters. The number of pyridine rings is 1. The SMILES string of the molecule is Oc1cccn2ncc(Br)c12. The molecule has 0 aromatic carbocycles. The number of rotatable bonds is 0. The van der Waals surface area contributed by atoms with Gasteiger partial charge < -0.3 is 5.11 Å². The lowest BCUT2D eigenvalue weighted by Gasteiger charge is -1.94. The van der Waals surface area contributed by atoms with Gasteiger partial charge in [0.25, 0.3) is 0 Å². The Morgan fingerprint density at radius 2 is 2.36 bits per heavy atom. The second-order valence-corrected chi connectivity index (χ2v) is 3.03. The smallest absolute Gasteiger partial charge is 0.142 e. The zero-order valence-corrected chi connectivity index (χ0v) is 7.12. The van der Waals surface area contributed by atoms with E-state index in [1.807, 2.05) is 0 Å². The Bertz CT molecular complexity index is 396. The molecule has 0 aliphatic carbocycles. The van der Waals surface area contributed by atoms with E-state index in [0.29, 0.717) is 5.52 Å². The summed E-state index contributed by atoms with van der Waals surface area (Å²) in [5.41, 5.74) is 0.701. The lowest BCUT2D eigenvalue weighted by atomic mass is 10.4. The third-order valence-corrected chi connectivity index (χ3v) is 2.06. The highest BCUT2D eigenvalue weighted by Gasteiger charge is 2.03. The molecule has 2 aromatic heterocycles. The Kier molecular flexibility index (Phi) is 1.35. The van der Waals surface area contributed by atoms with Crippen LogP contribution in [0.5, 0.6) is 5.75 Å². The van der Waals surface area contributed by atoms with Crippen molar-refractivity contribution in [2.75, 3.05) is 0 Å². The summed E-state index contributed by atoms with van der Waals surface area (Å²) in [7, 11) is 0. The highest BCUT2D eigenvalue weighted by Crippen LogP contribution is 2.25. The van der Waals surface area contributed by atoms with Crippen LogP contribution in [0.4, 0.5) is 0 Å². The Morgan fingerprint density at radius 1 is 1.55 bits per heavy atom. The first-order chi connectivity index (χ1) is 5.29. The molecule has 0 unspecified atom stereocenters. The van der Waals surface area contributed by atoms with Gasteiger partial charge in [-0.05, 0) is 28.1 Å². The molecular formula is C7H5BrN2O. The topological polar surface area (TPSA) is 37.5 Å². The number of aromatic hydroxyl groups is 1. The first-order valence-electron chi connectivity index (χ1n) is 3.10. The molecule has 2 aromatic rings. The van der Waals surface area contributed by atoms with Crippen molar-refractivity contribution in [1.82, 2.24) is 9.61 Å². The summed E-state index contributed by atoms with van der Waals surface area (Å²) in [6.07, 6.45) is 3.43. The maximum atomic E-state index is 9.35. The molecule has 0 fully saturated rings. The molecule has 1 N–H and O–H groups in total. The van der Waals surface area contributed by atoms with E-state index in [-0.39, 0.29) is 5.75 Å². The van der Waals surface area contributed by atoms with Crippen LogP contribution in [0.1, 0.15) is 0 Å². The minimum absolute atomic E-state index is 0.233. The van der Waals surface area contributed by atoms with Crippen molar-refractivity contribution >= 4 is 21.4 Å². The molecule has 0 aliphatic heterocycles. The molecule has 56 valence electrons. The van der Waals surface area contributed by atoms with Gasteiger partial charge >= 0.3 is 0 Å². The Labute approximate surface area is 71.4 Å². The quantitative estimate of drug-likeness (QED) is 0.724. The number of aromatic nitrogens is 2. The Hall–Kier alpha value is -1.03. The Balaban J connectivity index is 2.96. The van der Waals surface area contributed by atoms with Crippen LogP contribution in [-0.2, 0) is 0 Å². The summed E-state index contributed by atoms with van der Waals surface area (Å²) in [6.45, 7) is 0. The van der Waals surface area contributed by atoms with Crippen molar-refractivity contribution in [2.24, 2.45) is 0 Å². The van der Waals surface area contributed by atoms with Crippen LogP contribution in [0.3, 0.4) is 0 Å². The first-order valence-corrected chi connectivity index (χ1v) is 3.89. The minimum Gasteiger partial charge on any atom is -0.506 e. The van der Waals surface area contributed by atoms with Crippen molar-refractivity contribution < 1.29 is 5.11 Å². The molecule has 0 saturated carbocycles. The first kappa shape index (κ1) is 6.67. The summed E-state index contributed by atoms with van der Waals surface area (Å²) in [5.74, 6) is 0.233. The van der Waals surface area contributed by atoms with Gasteiger partial charge in [0.1, 0.15) is 11.3 Å². The third-order valence-electron chi connectivity index (χ3n) is 1.47. The predicted octanol–water partition coefficient (Wildman–Crippen LogP) is 1.80. The predicted molar refractivity (Wildman–Crippen MR) is 44.6 cm³/mol. The van der Waals surface area contributed by atoms with Gasteiger partial charge in [0.2, 0.25) is 0 Å². The number of hydrogen-bond donors (Lipinski definition) is 1. The highest BCUT2D eigenvalue weighted by atomic mass is 79.9. The van der Waals surface area contributed by atoms with Crippen molar-refractivity contribution in [3.63, 3.8) is 0 Å². The average molecular weight is 213 g/mol. The molecule has 11 heavy (non-hydrogen) atoms. The molecule has 0 radical (unpaired) electrons. The number of hydrogen-bond acceptors (Lipinski definition) is 2. The van der Waals surface area contributed by atoms with E-state index < -0.39 is 0 Å². The van der Waals surface area contributed by atoms with E-state index in [1.54, 1.807) is 29.0 Å². The molecule has 0 aliphatic rings. The lowest BCUT2D eigenvalue weighted by Crippen LogP contribution is -1.83. The average Bonchev–Trinajstić information content (AvgIpc) is 2.34. The van der Waals surface area contributed by atoms with Gasteiger partial charge in [0.05, 0.1) is 10.7 Å². The molecular weight excluding hydrogens is 208 g/mol. The molecule has 0 amide bonds. The van der Waals surface area contributed by atoms with Crippen LogP contribution < -0.4 is 0 Å². The highest BCUT2D eigenvalue weighted by molar-refractivity contribution is 9.10. The number of nitrogens with zero attached hydrogens (tertiary/aromatic N) is 2. The fraction of sp³-hybridized carbons (Fsp3) is 0. The lowest BCUT2D eigenvalue weighted by molar-refractivity contribution is 0.478. The van der Waals surface area contributed by atoms with Crippen LogP contribution in [-0.4, -0.2) is 14.7 Å². The largest absolute Gasteiger partial charge is 0.506 e. The van der Waals surface area contributed by atoms with Crippen molar-refractivity contribution in [3.8, 4) is 5.75 Å². The fourth-order valence-corrected chi connectivity index (χ4v) is 1.46. The van der Waals surface area contributed by atoms with Gasteiger partial charge in [-0.15, -0.1) is 0 Å². The van der Waals surface area contributed by atoms with E-state index >= 15 is 0 Å². The van der Waals surface area contributed by atoms with E-state index in [9.17, 15) is 5.11 Å². The summed E-state index contributed by atoms with van der Waals surface area (Å²) in [6, 6.07) is 3.36. The summed E-state index contributed by atoms with van der Waals surface area (Å²) in [4.78, 5) is 0. The molecule has 2 rings (SSSR count). The van der Waals surface area contributed by atoms with Gasteiger partial charge in [0, 0.05) is 6.20 Å².